The molecule has 0 unspecified atom stereocenters. The van der Waals surface area contributed by atoms with Crippen molar-refractivity contribution in [3.63, 3.8) is 0 Å². The smallest absolute Gasteiger partial charge is 0.0776 e. The van der Waals surface area contributed by atoms with Gasteiger partial charge in [0.05, 0.1) is 25.9 Å². The molecule has 0 fully saturated rings. The average molecular weight is 264 g/mol. The van der Waals surface area contributed by atoms with Crippen molar-refractivity contribution < 1.29 is 14.9 Å². The van der Waals surface area contributed by atoms with Gasteiger partial charge in [0.1, 0.15) is 0 Å². The molecule has 0 aliphatic heterocycles. The molecule has 0 saturated heterocycles. The van der Waals surface area contributed by atoms with E-state index in [0.717, 1.165) is 17.6 Å². The van der Waals surface area contributed by atoms with Crippen LogP contribution in [0.3, 0.4) is 0 Å². The van der Waals surface area contributed by atoms with Crippen LogP contribution in [0, 0.1) is 5.92 Å². The first-order valence-electron chi connectivity index (χ1n) is 6.69. The van der Waals surface area contributed by atoms with Crippen LogP contribution in [0.5, 0.6) is 0 Å². The van der Waals surface area contributed by atoms with Crippen molar-refractivity contribution >= 4 is 0 Å². The van der Waals surface area contributed by atoms with Crippen LogP contribution in [0.1, 0.15) is 25.3 Å². The summed E-state index contributed by atoms with van der Waals surface area (Å²) in [4.78, 5) is 0. The summed E-state index contributed by atoms with van der Waals surface area (Å²) in [6.07, 6.45) is 0.935. The van der Waals surface area contributed by atoms with Crippen molar-refractivity contribution in [2.24, 2.45) is 5.92 Å². The first-order valence-corrected chi connectivity index (χ1v) is 6.69. The van der Waals surface area contributed by atoms with Crippen molar-refractivity contribution in [3.05, 3.63) is 48.0 Å². The quantitative estimate of drug-likeness (QED) is 0.674. The number of aliphatic hydroxyl groups is 2. The van der Waals surface area contributed by atoms with Crippen molar-refractivity contribution in [1.29, 1.82) is 0 Å². The van der Waals surface area contributed by atoms with Gasteiger partial charge in [0.15, 0.2) is 0 Å². The standard InChI is InChI=1S/C16H24O3/c1-13(8-14(2)10-17)9-16(18)12-19-11-15-6-4-3-5-7-15/h3-7,13,16-18H,2,8-12H2,1H3/t13-,16+/m0/s1. The second-order valence-electron chi connectivity index (χ2n) is 5.11. The van der Waals surface area contributed by atoms with Gasteiger partial charge >= 0.3 is 0 Å². The van der Waals surface area contributed by atoms with Crippen LogP contribution in [-0.2, 0) is 11.3 Å². The summed E-state index contributed by atoms with van der Waals surface area (Å²) in [7, 11) is 0. The molecule has 1 aromatic carbocycles. The highest BCUT2D eigenvalue weighted by Crippen LogP contribution is 2.15. The van der Waals surface area contributed by atoms with Crippen molar-refractivity contribution in [1.82, 2.24) is 0 Å². The molecule has 2 atom stereocenters. The van der Waals surface area contributed by atoms with Crippen molar-refractivity contribution in [2.45, 2.75) is 32.5 Å². The summed E-state index contributed by atoms with van der Waals surface area (Å²) in [5, 5.41) is 18.8. The minimum atomic E-state index is -0.467. The molecule has 1 aromatic rings. The van der Waals surface area contributed by atoms with Crippen molar-refractivity contribution in [2.75, 3.05) is 13.2 Å². The third-order valence-corrected chi connectivity index (χ3v) is 2.96. The second kappa shape index (κ2) is 8.86. The predicted octanol–water partition coefficient (Wildman–Crippen LogP) is 2.53. The maximum Gasteiger partial charge on any atom is 0.0776 e. The zero-order chi connectivity index (χ0) is 14.1. The Hall–Kier alpha value is -1.16. The number of hydrogen-bond donors (Lipinski definition) is 2. The van der Waals surface area contributed by atoms with Crippen LogP contribution in [0.4, 0.5) is 0 Å². The van der Waals surface area contributed by atoms with Gasteiger partial charge in [0.25, 0.3) is 0 Å². The first-order chi connectivity index (χ1) is 9.11. The molecular formula is C16H24O3. The Morgan fingerprint density at radius 1 is 1.32 bits per heavy atom. The highest BCUT2D eigenvalue weighted by atomic mass is 16.5. The molecule has 0 aliphatic rings. The molecule has 0 spiro atoms. The molecule has 3 nitrogen and oxygen atoms in total. The molecular weight excluding hydrogens is 240 g/mol. The van der Waals surface area contributed by atoms with Crippen LogP contribution >= 0.6 is 0 Å². The molecule has 0 heterocycles. The fourth-order valence-corrected chi connectivity index (χ4v) is 2.06. The van der Waals surface area contributed by atoms with Gasteiger partial charge in [-0.3, -0.25) is 0 Å². The zero-order valence-corrected chi connectivity index (χ0v) is 11.6. The Balaban J connectivity index is 2.17. The molecule has 106 valence electrons. The van der Waals surface area contributed by atoms with E-state index in [0.29, 0.717) is 25.6 Å². The molecule has 19 heavy (non-hydrogen) atoms. The number of hydrogen-bond acceptors (Lipinski definition) is 3. The average Bonchev–Trinajstić information content (AvgIpc) is 2.39. The maximum atomic E-state index is 9.87. The van der Waals surface area contributed by atoms with Crippen LogP contribution in [-0.4, -0.2) is 29.5 Å². The third kappa shape index (κ3) is 7.11. The summed E-state index contributed by atoms with van der Waals surface area (Å²) in [6.45, 7) is 6.68. The molecule has 1 rings (SSSR count). The lowest BCUT2D eigenvalue weighted by Gasteiger charge is -2.17. The van der Waals surface area contributed by atoms with E-state index >= 15 is 0 Å². The molecule has 0 aliphatic carbocycles. The fourth-order valence-electron chi connectivity index (χ4n) is 2.06. The monoisotopic (exact) mass is 264 g/mol. The Kier molecular flexibility index (Phi) is 7.41. The van der Waals surface area contributed by atoms with Gasteiger partial charge in [-0.25, -0.2) is 0 Å². The van der Waals surface area contributed by atoms with Crippen LogP contribution in [0.2, 0.25) is 0 Å². The molecule has 0 bridgehead atoms. The zero-order valence-electron chi connectivity index (χ0n) is 11.6. The predicted molar refractivity (Wildman–Crippen MR) is 76.7 cm³/mol. The van der Waals surface area contributed by atoms with Gasteiger partial charge in [0.2, 0.25) is 0 Å². The largest absolute Gasteiger partial charge is 0.392 e. The lowest BCUT2D eigenvalue weighted by Crippen LogP contribution is -2.19. The van der Waals surface area contributed by atoms with E-state index in [2.05, 4.69) is 6.58 Å². The van der Waals surface area contributed by atoms with Gasteiger partial charge in [-0.15, -0.1) is 0 Å². The summed E-state index contributed by atoms with van der Waals surface area (Å²) in [6, 6.07) is 9.91. The van der Waals surface area contributed by atoms with Crippen molar-refractivity contribution in [3.8, 4) is 0 Å². The van der Waals surface area contributed by atoms with E-state index < -0.39 is 6.10 Å². The minimum absolute atomic E-state index is 0.0188. The Labute approximate surface area is 115 Å². The van der Waals surface area contributed by atoms with Gasteiger partial charge in [0, 0.05) is 0 Å². The first kappa shape index (κ1) is 15.9. The van der Waals surface area contributed by atoms with E-state index in [1.807, 2.05) is 37.3 Å². The molecule has 0 radical (unpaired) electrons. The number of ether oxygens (including phenoxy) is 1. The Bertz CT molecular complexity index is 362. The summed E-state index contributed by atoms with van der Waals surface area (Å²) in [5.41, 5.74) is 1.92. The highest BCUT2D eigenvalue weighted by molar-refractivity contribution is 5.13. The number of rotatable bonds is 9. The van der Waals surface area contributed by atoms with Gasteiger partial charge < -0.3 is 14.9 Å². The fraction of sp³-hybridized carbons (Fsp3) is 0.500. The Morgan fingerprint density at radius 3 is 2.63 bits per heavy atom. The molecule has 0 amide bonds. The van der Waals surface area contributed by atoms with E-state index in [4.69, 9.17) is 9.84 Å². The van der Waals surface area contributed by atoms with E-state index in [1.54, 1.807) is 0 Å². The normalized spacial score (nSPS) is 14.1. The Morgan fingerprint density at radius 2 is 2.00 bits per heavy atom. The lowest BCUT2D eigenvalue weighted by molar-refractivity contribution is 0.0176. The van der Waals surface area contributed by atoms with Crippen LogP contribution in [0.15, 0.2) is 42.5 Å². The van der Waals surface area contributed by atoms with Crippen LogP contribution < -0.4 is 0 Å². The maximum absolute atomic E-state index is 9.87. The van der Waals surface area contributed by atoms with E-state index in [-0.39, 0.29) is 6.61 Å². The summed E-state index contributed by atoms with van der Waals surface area (Å²) >= 11 is 0. The highest BCUT2D eigenvalue weighted by Gasteiger charge is 2.11. The van der Waals surface area contributed by atoms with Gasteiger partial charge in [-0.2, -0.15) is 0 Å². The molecule has 3 heteroatoms. The lowest BCUT2D eigenvalue weighted by atomic mass is 9.96. The molecule has 0 aromatic heterocycles. The van der Waals surface area contributed by atoms with E-state index in [9.17, 15) is 5.11 Å². The second-order valence-corrected chi connectivity index (χ2v) is 5.11. The minimum Gasteiger partial charge on any atom is -0.392 e. The van der Waals surface area contributed by atoms with Crippen LogP contribution in [0.25, 0.3) is 0 Å². The number of benzene rings is 1. The SMILES string of the molecule is C=C(CO)C[C@H](C)C[C@@H](O)COCc1ccccc1. The van der Waals surface area contributed by atoms with Gasteiger partial charge in [-0.1, -0.05) is 49.4 Å². The summed E-state index contributed by atoms with van der Waals surface area (Å²) < 4.78 is 5.49. The third-order valence-electron chi connectivity index (χ3n) is 2.96. The molecule has 0 saturated carbocycles. The topological polar surface area (TPSA) is 49.7 Å². The van der Waals surface area contributed by atoms with E-state index in [1.165, 1.54) is 0 Å². The molecule has 2 N–H and O–H groups in total. The van der Waals surface area contributed by atoms with Gasteiger partial charge in [-0.05, 0) is 24.3 Å². The summed E-state index contributed by atoms with van der Waals surface area (Å²) in [5.74, 6) is 0.301. The number of aliphatic hydroxyl groups excluding tert-OH is 2.